The maximum Gasteiger partial charge on any atom is 0.291 e. The van der Waals surface area contributed by atoms with E-state index in [1.54, 1.807) is 24.3 Å². The summed E-state index contributed by atoms with van der Waals surface area (Å²) in [5.41, 5.74) is 0.401. The molecule has 0 bridgehead atoms. The third kappa shape index (κ3) is 3.30. The molecular formula is C14H14BrNO5. The van der Waals surface area contributed by atoms with Gasteiger partial charge in [0.15, 0.2) is 10.4 Å². The van der Waals surface area contributed by atoms with Crippen molar-refractivity contribution >= 4 is 27.5 Å². The van der Waals surface area contributed by atoms with Gasteiger partial charge in [-0.25, -0.2) is 0 Å². The molecule has 1 N–H and O–H groups in total. The zero-order chi connectivity index (χ0) is 15.4. The van der Waals surface area contributed by atoms with E-state index in [0.29, 0.717) is 27.6 Å². The number of ether oxygens (including phenoxy) is 3. The van der Waals surface area contributed by atoms with Crippen LogP contribution >= 0.6 is 15.9 Å². The summed E-state index contributed by atoms with van der Waals surface area (Å²) in [6.07, 6.45) is 0. The predicted octanol–water partition coefficient (Wildman–Crippen LogP) is 3.32. The molecule has 1 aromatic heterocycles. The van der Waals surface area contributed by atoms with E-state index in [-0.39, 0.29) is 5.76 Å². The number of hydrogen-bond donors (Lipinski definition) is 1. The Morgan fingerprint density at radius 1 is 1.10 bits per heavy atom. The highest BCUT2D eigenvalue weighted by atomic mass is 79.9. The van der Waals surface area contributed by atoms with Crippen molar-refractivity contribution in [2.45, 2.75) is 0 Å². The van der Waals surface area contributed by atoms with Crippen molar-refractivity contribution in [1.29, 1.82) is 0 Å². The number of anilines is 1. The van der Waals surface area contributed by atoms with Crippen molar-refractivity contribution in [3.8, 4) is 17.2 Å². The van der Waals surface area contributed by atoms with Gasteiger partial charge in [-0.2, -0.15) is 0 Å². The molecule has 21 heavy (non-hydrogen) atoms. The zero-order valence-electron chi connectivity index (χ0n) is 11.7. The van der Waals surface area contributed by atoms with Crippen LogP contribution in [0.15, 0.2) is 33.4 Å². The number of amides is 1. The molecule has 0 fully saturated rings. The summed E-state index contributed by atoms with van der Waals surface area (Å²) in [7, 11) is 4.52. The Labute approximate surface area is 130 Å². The quantitative estimate of drug-likeness (QED) is 0.890. The highest BCUT2D eigenvalue weighted by Crippen LogP contribution is 2.39. The van der Waals surface area contributed by atoms with E-state index < -0.39 is 5.91 Å². The molecule has 0 aliphatic rings. The van der Waals surface area contributed by atoms with Crippen LogP contribution in [-0.2, 0) is 0 Å². The molecule has 1 amide bonds. The Balaban J connectivity index is 2.36. The number of furan rings is 1. The van der Waals surface area contributed by atoms with Gasteiger partial charge in [0.05, 0.1) is 21.3 Å². The normalized spacial score (nSPS) is 10.1. The van der Waals surface area contributed by atoms with E-state index in [1.807, 2.05) is 0 Å². The highest BCUT2D eigenvalue weighted by Gasteiger charge is 2.18. The second-order valence-electron chi connectivity index (χ2n) is 3.96. The van der Waals surface area contributed by atoms with Gasteiger partial charge in [-0.15, -0.1) is 0 Å². The number of methoxy groups -OCH3 is 3. The topological polar surface area (TPSA) is 69.9 Å². The number of rotatable bonds is 5. The van der Waals surface area contributed by atoms with E-state index in [4.69, 9.17) is 18.6 Å². The first-order valence-electron chi connectivity index (χ1n) is 5.95. The Morgan fingerprint density at radius 3 is 2.14 bits per heavy atom. The molecule has 0 aliphatic carbocycles. The first-order valence-corrected chi connectivity index (χ1v) is 6.75. The lowest BCUT2D eigenvalue weighted by Crippen LogP contribution is -2.12. The third-order valence-electron chi connectivity index (χ3n) is 2.75. The summed E-state index contributed by atoms with van der Waals surface area (Å²) in [4.78, 5) is 12.2. The van der Waals surface area contributed by atoms with E-state index in [0.717, 1.165) is 0 Å². The fourth-order valence-corrected chi connectivity index (χ4v) is 2.05. The molecule has 2 aromatic rings. The van der Waals surface area contributed by atoms with Crippen molar-refractivity contribution in [2.75, 3.05) is 26.6 Å². The summed E-state index contributed by atoms with van der Waals surface area (Å²) >= 11 is 3.15. The number of benzene rings is 1. The fourth-order valence-electron chi connectivity index (χ4n) is 1.74. The minimum absolute atomic E-state index is 0.168. The van der Waals surface area contributed by atoms with E-state index >= 15 is 0 Å². The molecule has 6 nitrogen and oxygen atoms in total. The van der Waals surface area contributed by atoms with Gasteiger partial charge in [0.2, 0.25) is 0 Å². The fraction of sp³-hybridized carbons (Fsp3) is 0.214. The Hall–Kier alpha value is -2.15. The van der Waals surface area contributed by atoms with Crippen molar-refractivity contribution in [2.24, 2.45) is 0 Å². The van der Waals surface area contributed by atoms with Gasteiger partial charge >= 0.3 is 0 Å². The SMILES string of the molecule is COc1cc(OC)c(NC(=O)c2ccc(Br)o2)c(OC)c1. The average Bonchev–Trinajstić information content (AvgIpc) is 2.93. The lowest BCUT2D eigenvalue weighted by Gasteiger charge is -2.15. The first kappa shape index (κ1) is 15.2. The summed E-state index contributed by atoms with van der Waals surface area (Å²) in [5, 5.41) is 2.70. The van der Waals surface area contributed by atoms with Gasteiger partial charge in [-0.1, -0.05) is 0 Å². The molecule has 1 aromatic carbocycles. The van der Waals surface area contributed by atoms with Gasteiger partial charge < -0.3 is 23.9 Å². The van der Waals surface area contributed by atoms with Crippen LogP contribution in [-0.4, -0.2) is 27.2 Å². The second kappa shape index (κ2) is 6.53. The maximum atomic E-state index is 12.2. The summed E-state index contributed by atoms with van der Waals surface area (Å²) in [6, 6.07) is 6.49. The van der Waals surface area contributed by atoms with Crippen LogP contribution in [0.25, 0.3) is 0 Å². The molecule has 7 heteroatoms. The van der Waals surface area contributed by atoms with Crippen molar-refractivity contribution in [1.82, 2.24) is 0 Å². The van der Waals surface area contributed by atoms with Crippen molar-refractivity contribution in [3.05, 3.63) is 34.7 Å². The molecule has 0 aliphatic heterocycles. The Kier molecular flexibility index (Phi) is 4.74. The number of carbonyl (C=O) groups is 1. The maximum absolute atomic E-state index is 12.2. The van der Waals surface area contributed by atoms with Crippen molar-refractivity contribution < 1.29 is 23.4 Å². The zero-order valence-corrected chi connectivity index (χ0v) is 13.3. The number of hydrogen-bond acceptors (Lipinski definition) is 5. The monoisotopic (exact) mass is 355 g/mol. The van der Waals surface area contributed by atoms with Crippen LogP contribution in [0.2, 0.25) is 0 Å². The second-order valence-corrected chi connectivity index (χ2v) is 4.75. The van der Waals surface area contributed by atoms with Crippen LogP contribution in [0.3, 0.4) is 0 Å². The highest BCUT2D eigenvalue weighted by molar-refractivity contribution is 9.10. The lowest BCUT2D eigenvalue weighted by molar-refractivity contribution is 0.0994. The third-order valence-corrected chi connectivity index (χ3v) is 3.18. The van der Waals surface area contributed by atoms with Gasteiger partial charge in [0.25, 0.3) is 5.91 Å². The van der Waals surface area contributed by atoms with E-state index in [1.165, 1.54) is 21.3 Å². The molecule has 0 saturated heterocycles. The average molecular weight is 356 g/mol. The molecule has 0 radical (unpaired) electrons. The van der Waals surface area contributed by atoms with Crippen LogP contribution in [0.5, 0.6) is 17.2 Å². The Bertz CT molecular complexity index is 628. The number of nitrogens with one attached hydrogen (secondary N) is 1. The molecule has 1 heterocycles. The summed E-state index contributed by atoms with van der Waals surface area (Å²) < 4.78 is 21.3. The van der Waals surface area contributed by atoms with Crippen LogP contribution in [0, 0.1) is 0 Å². The summed E-state index contributed by atoms with van der Waals surface area (Å²) in [6.45, 7) is 0. The lowest BCUT2D eigenvalue weighted by atomic mass is 10.2. The van der Waals surface area contributed by atoms with Crippen molar-refractivity contribution in [3.63, 3.8) is 0 Å². The largest absolute Gasteiger partial charge is 0.496 e. The van der Waals surface area contributed by atoms with Crippen LogP contribution in [0.1, 0.15) is 10.6 Å². The molecule has 0 spiro atoms. The Morgan fingerprint density at radius 2 is 1.71 bits per heavy atom. The van der Waals surface area contributed by atoms with E-state index in [2.05, 4.69) is 21.2 Å². The molecule has 0 unspecified atom stereocenters. The standard InChI is InChI=1S/C14H14BrNO5/c1-18-8-6-10(19-2)13(11(7-8)20-3)16-14(17)9-4-5-12(15)21-9/h4-7H,1-3H3,(H,16,17). The first-order chi connectivity index (χ1) is 10.1. The molecule has 0 atom stereocenters. The predicted molar refractivity (Wildman–Crippen MR) is 80.5 cm³/mol. The van der Waals surface area contributed by atoms with Gasteiger partial charge in [-0.05, 0) is 28.1 Å². The molecule has 2 rings (SSSR count). The number of carbonyl (C=O) groups excluding carboxylic acids is 1. The van der Waals surface area contributed by atoms with Crippen LogP contribution in [0.4, 0.5) is 5.69 Å². The smallest absolute Gasteiger partial charge is 0.291 e. The van der Waals surface area contributed by atoms with E-state index in [9.17, 15) is 4.79 Å². The molecule has 112 valence electrons. The van der Waals surface area contributed by atoms with Gasteiger partial charge in [0.1, 0.15) is 22.9 Å². The molecular weight excluding hydrogens is 342 g/mol. The number of halogens is 1. The minimum atomic E-state index is -0.414. The minimum Gasteiger partial charge on any atom is -0.496 e. The molecule has 0 saturated carbocycles. The van der Waals surface area contributed by atoms with Crippen LogP contribution < -0.4 is 19.5 Å². The van der Waals surface area contributed by atoms with Gasteiger partial charge in [-0.3, -0.25) is 4.79 Å². The van der Waals surface area contributed by atoms with Gasteiger partial charge in [0, 0.05) is 12.1 Å². The summed E-state index contributed by atoms with van der Waals surface area (Å²) in [5.74, 6) is 1.15.